The van der Waals surface area contributed by atoms with E-state index in [9.17, 15) is 0 Å². The molecule has 90 valence electrons. The highest BCUT2D eigenvalue weighted by atomic mass is 35.5. The summed E-state index contributed by atoms with van der Waals surface area (Å²) >= 11 is 7.51. The van der Waals surface area contributed by atoms with Crippen LogP contribution in [0.3, 0.4) is 0 Å². The van der Waals surface area contributed by atoms with Crippen LogP contribution in [-0.4, -0.2) is 27.3 Å². The lowest BCUT2D eigenvalue weighted by Gasteiger charge is -2.08. The van der Waals surface area contributed by atoms with Crippen LogP contribution in [0.1, 0.15) is 5.56 Å². The monoisotopic (exact) mass is 269 g/mol. The van der Waals surface area contributed by atoms with Crippen molar-refractivity contribution in [1.82, 2.24) is 25.5 Å². The number of hydrogen-bond acceptors (Lipinski definition) is 5. The number of benzene rings is 1. The van der Waals surface area contributed by atoms with E-state index in [1.807, 2.05) is 32.3 Å². The molecule has 1 N–H and O–H groups in total. The second-order valence-corrected chi connectivity index (χ2v) is 4.92. The Kier molecular flexibility index (Phi) is 3.98. The average Bonchev–Trinajstić information content (AvgIpc) is 2.69. The van der Waals surface area contributed by atoms with Crippen LogP contribution < -0.4 is 5.32 Å². The molecular weight excluding hydrogens is 258 g/mol. The van der Waals surface area contributed by atoms with Crippen LogP contribution in [0, 0.1) is 0 Å². The Morgan fingerprint density at radius 1 is 1.47 bits per heavy atom. The molecule has 0 aliphatic rings. The van der Waals surface area contributed by atoms with E-state index in [1.54, 1.807) is 4.68 Å². The maximum absolute atomic E-state index is 5.98. The SMILES string of the molecule is CNCc1cc(Cl)ccc1Sc1nnnn1C. The number of nitrogens with zero attached hydrogens (tertiary/aromatic N) is 4. The Bertz CT molecular complexity index is 513. The van der Waals surface area contributed by atoms with E-state index in [0.29, 0.717) is 0 Å². The fourth-order valence-electron chi connectivity index (χ4n) is 1.38. The lowest BCUT2D eigenvalue weighted by molar-refractivity contribution is 0.664. The summed E-state index contributed by atoms with van der Waals surface area (Å²) in [5.74, 6) is 0. The maximum atomic E-state index is 5.98. The van der Waals surface area contributed by atoms with Crippen molar-refractivity contribution in [3.8, 4) is 0 Å². The highest BCUT2D eigenvalue weighted by Gasteiger charge is 2.09. The highest BCUT2D eigenvalue weighted by molar-refractivity contribution is 7.99. The topological polar surface area (TPSA) is 55.6 Å². The van der Waals surface area contributed by atoms with Gasteiger partial charge in [0.2, 0.25) is 5.16 Å². The van der Waals surface area contributed by atoms with Gasteiger partial charge in [-0.15, -0.1) is 5.10 Å². The number of tetrazole rings is 1. The molecule has 0 fully saturated rings. The Morgan fingerprint density at radius 2 is 2.29 bits per heavy atom. The number of halogens is 1. The van der Waals surface area contributed by atoms with E-state index >= 15 is 0 Å². The molecule has 0 unspecified atom stereocenters. The van der Waals surface area contributed by atoms with Gasteiger partial charge in [0.25, 0.3) is 0 Å². The number of hydrogen-bond donors (Lipinski definition) is 1. The van der Waals surface area contributed by atoms with Gasteiger partial charge in [-0.2, -0.15) is 0 Å². The van der Waals surface area contributed by atoms with Gasteiger partial charge in [0.1, 0.15) is 0 Å². The molecule has 5 nitrogen and oxygen atoms in total. The Balaban J connectivity index is 2.29. The Hall–Kier alpha value is -1.11. The van der Waals surface area contributed by atoms with Gasteiger partial charge in [-0.05, 0) is 53.0 Å². The van der Waals surface area contributed by atoms with Crippen LogP contribution in [0.2, 0.25) is 5.02 Å². The number of aryl methyl sites for hydroxylation is 1. The fraction of sp³-hybridized carbons (Fsp3) is 0.300. The molecule has 0 aliphatic heterocycles. The van der Waals surface area contributed by atoms with Crippen molar-refractivity contribution in [2.75, 3.05) is 7.05 Å². The van der Waals surface area contributed by atoms with Crippen molar-refractivity contribution < 1.29 is 0 Å². The molecule has 0 radical (unpaired) electrons. The van der Waals surface area contributed by atoms with E-state index in [4.69, 9.17) is 11.6 Å². The number of rotatable bonds is 4. The van der Waals surface area contributed by atoms with Crippen LogP contribution >= 0.6 is 23.4 Å². The van der Waals surface area contributed by atoms with Crippen molar-refractivity contribution in [1.29, 1.82) is 0 Å². The van der Waals surface area contributed by atoms with Crippen molar-refractivity contribution in [3.63, 3.8) is 0 Å². The van der Waals surface area contributed by atoms with Gasteiger partial charge in [0, 0.05) is 23.5 Å². The van der Waals surface area contributed by atoms with E-state index in [-0.39, 0.29) is 0 Å². The summed E-state index contributed by atoms with van der Waals surface area (Å²) < 4.78 is 1.64. The minimum absolute atomic E-state index is 0.732. The molecule has 0 spiro atoms. The van der Waals surface area contributed by atoms with Gasteiger partial charge in [0.15, 0.2) is 0 Å². The molecule has 2 rings (SSSR count). The number of aromatic nitrogens is 4. The van der Waals surface area contributed by atoms with Gasteiger partial charge < -0.3 is 5.32 Å². The molecule has 2 aromatic rings. The largest absolute Gasteiger partial charge is 0.316 e. The lowest BCUT2D eigenvalue weighted by Crippen LogP contribution is -2.06. The summed E-state index contributed by atoms with van der Waals surface area (Å²) in [4.78, 5) is 1.10. The third kappa shape index (κ3) is 2.96. The van der Waals surface area contributed by atoms with Gasteiger partial charge in [-0.1, -0.05) is 11.6 Å². The van der Waals surface area contributed by atoms with E-state index in [0.717, 1.165) is 27.2 Å². The zero-order valence-corrected chi connectivity index (χ0v) is 11.1. The normalized spacial score (nSPS) is 10.8. The molecule has 0 aliphatic carbocycles. The van der Waals surface area contributed by atoms with Crippen molar-refractivity contribution in [2.45, 2.75) is 16.6 Å². The maximum Gasteiger partial charge on any atom is 0.213 e. The summed E-state index contributed by atoms with van der Waals surface area (Å²) in [5, 5.41) is 16.0. The van der Waals surface area contributed by atoms with Gasteiger partial charge in [0.05, 0.1) is 0 Å². The van der Waals surface area contributed by atoms with Crippen LogP contribution in [0.4, 0.5) is 0 Å². The lowest BCUT2D eigenvalue weighted by atomic mass is 10.2. The molecule has 0 saturated heterocycles. The third-order valence-corrected chi connectivity index (χ3v) is 3.55. The standard InChI is InChI=1S/C10H12ClN5S/c1-12-6-7-5-8(11)3-4-9(7)17-10-13-14-15-16(10)2/h3-5,12H,6H2,1-2H3. The van der Waals surface area contributed by atoms with Crippen LogP contribution in [0.25, 0.3) is 0 Å². The second kappa shape index (κ2) is 5.48. The zero-order valence-electron chi connectivity index (χ0n) is 9.51. The molecule has 0 amide bonds. The molecule has 0 atom stereocenters. The van der Waals surface area contributed by atoms with Crippen molar-refractivity contribution >= 4 is 23.4 Å². The summed E-state index contributed by atoms with van der Waals surface area (Å²) in [6, 6.07) is 5.80. The summed E-state index contributed by atoms with van der Waals surface area (Å²) in [7, 11) is 3.72. The smallest absolute Gasteiger partial charge is 0.213 e. The molecule has 0 saturated carbocycles. The predicted molar refractivity (Wildman–Crippen MR) is 67.1 cm³/mol. The molecule has 17 heavy (non-hydrogen) atoms. The zero-order chi connectivity index (χ0) is 12.3. The molecule has 1 aromatic heterocycles. The van der Waals surface area contributed by atoms with E-state index in [1.165, 1.54) is 11.8 Å². The Labute approximate surface area is 109 Å². The Morgan fingerprint density at radius 3 is 2.94 bits per heavy atom. The minimum Gasteiger partial charge on any atom is -0.316 e. The fourth-order valence-corrected chi connectivity index (χ4v) is 2.42. The number of nitrogens with one attached hydrogen (secondary N) is 1. The molecule has 7 heteroatoms. The van der Waals surface area contributed by atoms with Crippen LogP contribution in [-0.2, 0) is 13.6 Å². The van der Waals surface area contributed by atoms with Gasteiger partial charge in [-0.3, -0.25) is 0 Å². The quantitative estimate of drug-likeness (QED) is 0.916. The highest BCUT2D eigenvalue weighted by Crippen LogP contribution is 2.30. The molecule has 1 heterocycles. The first kappa shape index (κ1) is 12.3. The van der Waals surface area contributed by atoms with E-state index in [2.05, 4.69) is 20.8 Å². The molecule has 0 bridgehead atoms. The van der Waals surface area contributed by atoms with Crippen LogP contribution in [0.15, 0.2) is 28.3 Å². The van der Waals surface area contributed by atoms with Crippen molar-refractivity contribution in [3.05, 3.63) is 28.8 Å². The first-order valence-electron chi connectivity index (χ1n) is 5.04. The van der Waals surface area contributed by atoms with Crippen LogP contribution in [0.5, 0.6) is 0 Å². The third-order valence-electron chi connectivity index (χ3n) is 2.17. The minimum atomic E-state index is 0.732. The first-order chi connectivity index (χ1) is 8.20. The summed E-state index contributed by atoms with van der Waals surface area (Å²) in [6.45, 7) is 0.758. The predicted octanol–water partition coefficient (Wildman–Crippen LogP) is 1.73. The van der Waals surface area contributed by atoms with Crippen molar-refractivity contribution in [2.24, 2.45) is 7.05 Å². The molecular formula is C10H12ClN5S. The average molecular weight is 270 g/mol. The summed E-state index contributed by atoms with van der Waals surface area (Å²) in [6.07, 6.45) is 0. The summed E-state index contributed by atoms with van der Waals surface area (Å²) in [5.41, 5.74) is 1.13. The van der Waals surface area contributed by atoms with Gasteiger partial charge >= 0.3 is 0 Å². The van der Waals surface area contributed by atoms with Gasteiger partial charge in [-0.25, -0.2) is 4.68 Å². The van der Waals surface area contributed by atoms with E-state index < -0.39 is 0 Å². The second-order valence-electron chi connectivity index (χ2n) is 3.47. The molecule has 1 aromatic carbocycles. The first-order valence-corrected chi connectivity index (χ1v) is 6.23.